The number of hydrogen-bond acceptors (Lipinski definition) is 2. The van der Waals surface area contributed by atoms with Crippen molar-refractivity contribution in [2.24, 2.45) is 0 Å². The van der Waals surface area contributed by atoms with Crippen molar-refractivity contribution in [1.82, 2.24) is 5.32 Å². The maximum absolute atomic E-state index is 8.94. The summed E-state index contributed by atoms with van der Waals surface area (Å²) >= 11 is 6.21. The Bertz CT molecular complexity index is 1130. The van der Waals surface area contributed by atoms with E-state index in [1.54, 1.807) is 0 Å². The van der Waals surface area contributed by atoms with Gasteiger partial charge >= 0.3 is 0 Å². The highest BCUT2D eigenvalue weighted by atomic mass is 35.5. The van der Waals surface area contributed by atoms with Crippen molar-refractivity contribution in [1.29, 1.82) is 5.26 Å². The number of nitriles is 1. The second-order valence-electron chi connectivity index (χ2n) is 7.49. The van der Waals surface area contributed by atoms with E-state index in [9.17, 15) is 0 Å². The summed E-state index contributed by atoms with van der Waals surface area (Å²) in [5, 5.41) is 13.2. The topological polar surface area (TPSA) is 35.8 Å². The molecule has 0 radical (unpaired) electrons. The van der Waals surface area contributed by atoms with Gasteiger partial charge in [0.1, 0.15) is 0 Å². The van der Waals surface area contributed by atoms with Crippen LogP contribution in [0, 0.1) is 11.3 Å². The van der Waals surface area contributed by atoms with Gasteiger partial charge in [-0.15, -0.1) is 0 Å². The number of fused-ring (bicyclic) bond motifs is 1. The van der Waals surface area contributed by atoms with Gasteiger partial charge in [-0.05, 0) is 76.9 Å². The summed E-state index contributed by atoms with van der Waals surface area (Å²) in [6.45, 7) is 5.03. The van der Waals surface area contributed by atoms with Crippen LogP contribution in [0.4, 0.5) is 0 Å². The number of allylic oxidation sites excluding steroid dienone is 1. The van der Waals surface area contributed by atoms with E-state index in [-0.39, 0.29) is 0 Å². The predicted octanol–water partition coefficient (Wildman–Crippen LogP) is 6.86. The van der Waals surface area contributed by atoms with Gasteiger partial charge in [0, 0.05) is 17.3 Å². The van der Waals surface area contributed by atoms with Gasteiger partial charge in [-0.3, -0.25) is 0 Å². The van der Waals surface area contributed by atoms with Crippen molar-refractivity contribution in [3.8, 4) is 17.2 Å². The average molecular weight is 411 g/mol. The molecule has 148 valence electrons. The maximum Gasteiger partial charge on any atom is 0.0991 e. The smallest absolute Gasteiger partial charge is 0.0991 e. The highest BCUT2D eigenvalue weighted by Gasteiger charge is 2.13. The largest absolute Gasteiger partial charge is 0.385 e. The molecule has 0 aliphatic heterocycles. The molecule has 1 N–H and O–H groups in total. The number of benzene rings is 3. The molecule has 0 aromatic heterocycles. The molecule has 0 amide bonds. The number of aryl methyl sites for hydroxylation is 1. The SMILES string of the molecule is C=C(NCCC1=CCCc2ccc(Cl)cc21)c1ccc(-c2ccc(C#N)cc2)cc1. The first-order valence-corrected chi connectivity index (χ1v) is 10.5. The van der Waals surface area contributed by atoms with Crippen molar-refractivity contribution < 1.29 is 0 Å². The van der Waals surface area contributed by atoms with Gasteiger partial charge in [0.2, 0.25) is 0 Å². The molecule has 0 unspecified atom stereocenters. The first kappa shape index (κ1) is 20.0. The molecular weight excluding hydrogens is 388 g/mol. The number of halogens is 1. The number of nitrogens with one attached hydrogen (secondary N) is 1. The summed E-state index contributed by atoms with van der Waals surface area (Å²) in [6, 6.07) is 24.3. The Morgan fingerprint density at radius 2 is 1.70 bits per heavy atom. The van der Waals surface area contributed by atoms with Crippen LogP contribution in [0.2, 0.25) is 5.02 Å². The van der Waals surface area contributed by atoms with Gasteiger partial charge < -0.3 is 5.32 Å². The van der Waals surface area contributed by atoms with Crippen LogP contribution >= 0.6 is 11.6 Å². The van der Waals surface area contributed by atoms with E-state index < -0.39 is 0 Å². The minimum absolute atomic E-state index is 0.672. The normalized spacial score (nSPS) is 12.5. The Labute approximate surface area is 183 Å². The van der Waals surface area contributed by atoms with Crippen molar-refractivity contribution in [3.05, 3.63) is 107 Å². The van der Waals surface area contributed by atoms with E-state index in [2.05, 4.69) is 60.4 Å². The molecule has 0 atom stereocenters. The molecule has 2 nitrogen and oxygen atoms in total. The third-order valence-corrected chi connectivity index (χ3v) is 5.77. The lowest BCUT2D eigenvalue weighted by atomic mass is 9.89. The average Bonchev–Trinajstić information content (AvgIpc) is 2.79. The lowest BCUT2D eigenvalue weighted by Gasteiger charge is -2.19. The van der Waals surface area contributed by atoms with Crippen molar-refractivity contribution >= 4 is 22.9 Å². The highest BCUT2D eigenvalue weighted by Crippen LogP contribution is 2.31. The molecule has 0 bridgehead atoms. The van der Waals surface area contributed by atoms with Crippen molar-refractivity contribution in [3.63, 3.8) is 0 Å². The Hall–Kier alpha value is -3.28. The van der Waals surface area contributed by atoms with Gasteiger partial charge in [0.25, 0.3) is 0 Å². The van der Waals surface area contributed by atoms with Crippen LogP contribution in [0.1, 0.15) is 35.1 Å². The van der Waals surface area contributed by atoms with E-state index >= 15 is 0 Å². The minimum Gasteiger partial charge on any atom is -0.385 e. The first-order valence-electron chi connectivity index (χ1n) is 10.2. The van der Waals surface area contributed by atoms with E-state index in [1.165, 1.54) is 16.7 Å². The van der Waals surface area contributed by atoms with E-state index in [0.29, 0.717) is 5.56 Å². The minimum atomic E-state index is 0.672. The summed E-state index contributed by atoms with van der Waals surface area (Å²) in [7, 11) is 0. The third-order valence-electron chi connectivity index (χ3n) is 5.54. The van der Waals surface area contributed by atoms with Crippen LogP contribution in [0.15, 0.2) is 79.4 Å². The molecule has 0 fully saturated rings. The Morgan fingerprint density at radius 3 is 2.40 bits per heavy atom. The fourth-order valence-corrected chi connectivity index (χ4v) is 4.04. The van der Waals surface area contributed by atoms with Gasteiger partial charge in [0.05, 0.1) is 11.6 Å². The monoisotopic (exact) mass is 410 g/mol. The molecule has 0 heterocycles. The second-order valence-corrected chi connectivity index (χ2v) is 7.93. The Balaban J connectivity index is 1.36. The molecule has 3 aromatic carbocycles. The van der Waals surface area contributed by atoms with Gasteiger partial charge in [-0.1, -0.05) is 66.7 Å². The van der Waals surface area contributed by atoms with E-state index in [1.807, 2.05) is 30.3 Å². The van der Waals surface area contributed by atoms with Crippen LogP contribution in [0.3, 0.4) is 0 Å². The van der Waals surface area contributed by atoms with Crippen LogP contribution in [-0.2, 0) is 6.42 Å². The summed E-state index contributed by atoms with van der Waals surface area (Å²) in [4.78, 5) is 0. The molecule has 3 heteroatoms. The zero-order valence-corrected chi connectivity index (χ0v) is 17.5. The highest BCUT2D eigenvalue weighted by molar-refractivity contribution is 6.30. The van der Waals surface area contributed by atoms with Gasteiger partial charge in [0.15, 0.2) is 0 Å². The zero-order valence-electron chi connectivity index (χ0n) is 16.8. The molecule has 30 heavy (non-hydrogen) atoms. The van der Waals surface area contributed by atoms with Crippen LogP contribution < -0.4 is 5.32 Å². The van der Waals surface area contributed by atoms with Crippen LogP contribution in [0.5, 0.6) is 0 Å². The molecule has 0 spiro atoms. The summed E-state index contributed by atoms with van der Waals surface area (Å²) in [5.41, 5.74) is 8.92. The van der Waals surface area contributed by atoms with Crippen molar-refractivity contribution in [2.45, 2.75) is 19.3 Å². The fourth-order valence-electron chi connectivity index (χ4n) is 3.87. The Morgan fingerprint density at radius 1 is 1.00 bits per heavy atom. The molecule has 1 aliphatic carbocycles. The van der Waals surface area contributed by atoms with E-state index in [4.69, 9.17) is 16.9 Å². The Kier molecular flexibility index (Phi) is 6.02. The standard InChI is InChI=1S/C27H23ClN2/c1-19(21-9-11-23(12-10-21)22-7-5-20(18-29)6-8-22)30-16-15-25-4-2-3-24-13-14-26(28)17-27(24)25/h4-14,17,30H,1-3,15-16H2. The predicted molar refractivity (Wildman–Crippen MR) is 126 cm³/mol. The fraction of sp³-hybridized carbons (Fsp3) is 0.148. The van der Waals surface area contributed by atoms with Crippen molar-refractivity contribution in [2.75, 3.05) is 6.54 Å². The maximum atomic E-state index is 8.94. The molecule has 1 aliphatic rings. The molecule has 0 saturated heterocycles. The number of nitrogens with zero attached hydrogens (tertiary/aromatic N) is 1. The zero-order chi connectivity index (χ0) is 20.9. The first-order chi connectivity index (χ1) is 14.6. The molecule has 3 aromatic rings. The molecule has 0 saturated carbocycles. The molecule has 4 rings (SSSR count). The van der Waals surface area contributed by atoms with Crippen LogP contribution in [0.25, 0.3) is 22.4 Å². The van der Waals surface area contributed by atoms with Gasteiger partial charge in [-0.2, -0.15) is 5.26 Å². The molecular formula is C27H23ClN2. The summed E-state index contributed by atoms with van der Waals surface area (Å²) < 4.78 is 0. The summed E-state index contributed by atoms with van der Waals surface area (Å²) in [6.07, 6.45) is 5.44. The number of rotatable bonds is 6. The third kappa shape index (κ3) is 4.48. The van der Waals surface area contributed by atoms with Gasteiger partial charge in [-0.25, -0.2) is 0 Å². The second kappa shape index (κ2) is 9.03. The number of hydrogen-bond donors (Lipinski definition) is 1. The summed E-state index contributed by atoms with van der Waals surface area (Å²) in [5.74, 6) is 0. The lowest BCUT2D eigenvalue weighted by Crippen LogP contribution is -2.14. The van der Waals surface area contributed by atoms with E-state index in [0.717, 1.165) is 53.2 Å². The lowest BCUT2D eigenvalue weighted by molar-refractivity contribution is 0.865. The quantitative estimate of drug-likeness (QED) is 0.481. The van der Waals surface area contributed by atoms with Crippen LogP contribution in [-0.4, -0.2) is 6.54 Å².